The van der Waals surface area contributed by atoms with Crippen LogP contribution in [0.4, 0.5) is 14.5 Å². The molecule has 3 aromatic carbocycles. The van der Waals surface area contributed by atoms with Gasteiger partial charge >= 0.3 is 0 Å². The Morgan fingerprint density at radius 1 is 0.971 bits per heavy atom. The zero-order chi connectivity index (χ0) is 24.7. The van der Waals surface area contributed by atoms with E-state index in [2.05, 4.69) is 4.90 Å². The second-order valence-electron chi connectivity index (χ2n) is 9.21. The predicted molar refractivity (Wildman–Crippen MR) is 134 cm³/mol. The summed E-state index contributed by atoms with van der Waals surface area (Å²) in [6, 6.07) is 14.7. The Kier molecular flexibility index (Phi) is 6.47. The lowest BCUT2D eigenvalue weighted by atomic mass is 9.74. The van der Waals surface area contributed by atoms with Gasteiger partial charge in [0.25, 0.3) is 5.91 Å². The lowest BCUT2D eigenvalue weighted by molar-refractivity contribution is 0.0975. The summed E-state index contributed by atoms with van der Waals surface area (Å²) < 4.78 is 32.8. The summed E-state index contributed by atoms with van der Waals surface area (Å²) >= 11 is 12.2. The molecule has 2 aliphatic rings. The van der Waals surface area contributed by atoms with Crippen LogP contribution in [0.1, 0.15) is 34.3 Å². The van der Waals surface area contributed by atoms with Crippen LogP contribution < -0.4 is 9.64 Å². The molecule has 2 aliphatic heterocycles. The number of hydrogen-bond donors (Lipinski definition) is 0. The number of halogens is 4. The average molecular weight is 517 g/mol. The maximum atomic E-state index is 13.9. The first-order chi connectivity index (χ1) is 16.8. The second kappa shape index (κ2) is 9.41. The first-order valence-corrected chi connectivity index (χ1v) is 12.2. The molecule has 5 rings (SSSR count). The Bertz CT molecular complexity index is 1290. The van der Waals surface area contributed by atoms with Crippen molar-refractivity contribution in [1.29, 1.82) is 0 Å². The fraction of sp³-hybridized carbons (Fsp3) is 0.296. The van der Waals surface area contributed by atoms with Crippen LogP contribution in [0, 0.1) is 11.6 Å². The van der Waals surface area contributed by atoms with Crippen molar-refractivity contribution in [1.82, 2.24) is 4.90 Å². The van der Waals surface area contributed by atoms with Crippen molar-refractivity contribution >= 4 is 34.8 Å². The summed E-state index contributed by atoms with van der Waals surface area (Å²) in [6.07, 6.45) is 1.69. The molecule has 1 spiro atoms. The maximum absolute atomic E-state index is 13.9. The van der Waals surface area contributed by atoms with Gasteiger partial charge in [-0.05, 0) is 85.6 Å². The molecule has 4 nitrogen and oxygen atoms in total. The predicted octanol–water partition coefficient (Wildman–Crippen LogP) is 6.47. The van der Waals surface area contributed by atoms with Gasteiger partial charge in [-0.25, -0.2) is 8.78 Å². The summed E-state index contributed by atoms with van der Waals surface area (Å²) in [5.41, 5.74) is 2.82. The smallest absolute Gasteiger partial charge is 0.258 e. The molecule has 1 saturated heterocycles. The summed E-state index contributed by atoms with van der Waals surface area (Å²) in [7, 11) is 1.62. The normalized spacial score (nSPS) is 17.0. The molecular weight excluding hydrogens is 493 g/mol. The fourth-order valence-electron chi connectivity index (χ4n) is 5.20. The van der Waals surface area contributed by atoms with E-state index in [1.54, 1.807) is 12.0 Å². The van der Waals surface area contributed by atoms with Gasteiger partial charge in [0.05, 0.1) is 17.2 Å². The number of anilines is 1. The molecule has 0 aliphatic carbocycles. The number of methoxy groups -OCH3 is 1. The zero-order valence-electron chi connectivity index (χ0n) is 19.2. The van der Waals surface area contributed by atoms with Gasteiger partial charge in [0.15, 0.2) is 11.6 Å². The molecule has 0 unspecified atom stereocenters. The summed E-state index contributed by atoms with van der Waals surface area (Å²) in [4.78, 5) is 17.4. The molecule has 35 heavy (non-hydrogen) atoms. The molecule has 8 heteroatoms. The van der Waals surface area contributed by atoms with Crippen molar-refractivity contribution in [3.63, 3.8) is 0 Å². The zero-order valence-corrected chi connectivity index (χ0v) is 20.7. The number of carbonyl (C=O) groups excluding carboxylic acids is 1. The van der Waals surface area contributed by atoms with Crippen LogP contribution in [0.15, 0.2) is 54.6 Å². The third-order valence-corrected chi connectivity index (χ3v) is 7.88. The highest BCUT2D eigenvalue weighted by Crippen LogP contribution is 2.49. The van der Waals surface area contributed by atoms with Crippen LogP contribution in [-0.2, 0) is 12.0 Å². The van der Waals surface area contributed by atoms with E-state index < -0.39 is 11.6 Å². The lowest BCUT2D eigenvalue weighted by Gasteiger charge is -2.40. The number of fused-ring (bicyclic) bond motifs is 2. The molecule has 0 bridgehead atoms. The number of nitrogens with zero attached hydrogens (tertiary/aromatic N) is 2. The van der Waals surface area contributed by atoms with E-state index >= 15 is 0 Å². The molecule has 1 amide bonds. The van der Waals surface area contributed by atoms with Crippen molar-refractivity contribution in [2.24, 2.45) is 0 Å². The largest absolute Gasteiger partial charge is 0.497 e. The molecule has 1 fully saturated rings. The Morgan fingerprint density at radius 3 is 2.43 bits per heavy atom. The van der Waals surface area contributed by atoms with Crippen LogP contribution in [0.25, 0.3) is 0 Å². The minimum absolute atomic E-state index is 0.125. The lowest BCUT2D eigenvalue weighted by Crippen LogP contribution is -2.45. The van der Waals surface area contributed by atoms with Crippen LogP contribution >= 0.6 is 23.2 Å². The van der Waals surface area contributed by atoms with Crippen LogP contribution in [0.5, 0.6) is 5.75 Å². The van der Waals surface area contributed by atoms with E-state index in [0.29, 0.717) is 16.6 Å². The van der Waals surface area contributed by atoms with Gasteiger partial charge < -0.3 is 9.64 Å². The molecule has 0 aromatic heterocycles. The Morgan fingerprint density at radius 2 is 1.74 bits per heavy atom. The second-order valence-corrected chi connectivity index (χ2v) is 10.0. The molecule has 2 heterocycles. The summed E-state index contributed by atoms with van der Waals surface area (Å²) in [5, 5.41) is 1.08. The van der Waals surface area contributed by atoms with Crippen molar-refractivity contribution in [2.45, 2.75) is 24.8 Å². The van der Waals surface area contributed by atoms with Gasteiger partial charge in [0.2, 0.25) is 0 Å². The van der Waals surface area contributed by atoms with Crippen molar-refractivity contribution < 1.29 is 18.3 Å². The monoisotopic (exact) mass is 516 g/mol. The van der Waals surface area contributed by atoms with E-state index in [9.17, 15) is 13.6 Å². The summed E-state index contributed by atoms with van der Waals surface area (Å²) in [6.45, 7) is 2.91. The molecule has 3 aromatic rings. The summed E-state index contributed by atoms with van der Waals surface area (Å²) in [5.74, 6) is -1.62. The van der Waals surface area contributed by atoms with Crippen LogP contribution in [0.3, 0.4) is 0 Å². The first-order valence-electron chi connectivity index (χ1n) is 11.4. The standard InChI is InChI=1S/C27H24Cl2F2N2O2/c1-35-19-4-7-25-20(14-19)27(16-33(25)26(34)18-3-6-23(30)24(31)13-18)8-10-32(11-9-27)15-17-2-5-21(28)22(29)12-17/h2-7,12-14H,8-11,15-16H2,1H3. The number of piperidine rings is 1. The van der Waals surface area contributed by atoms with E-state index in [-0.39, 0.29) is 16.9 Å². The van der Waals surface area contributed by atoms with E-state index in [0.717, 1.165) is 67.2 Å². The Labute approximate surface area is 213 Å². The minimum atomic E-state index is -1.03. The molecular formula is C27H24Cl2F2N2O2. The third-order valence-electron chi connectivity index (χ3n) is 7.14. The highest BCUT2D eigenvalue weighted by molar-refractivity contribution is 6.42. The number of rotatable bonds is 4. The molecule has 0 atom stereocenters. The fourth-order valence-corrected chi connectivity index (χ4v) is 5.52. The van der Waals surface area contributed by atoms with Crippen molar-refractivity contribution in [3.8, 4) is 5.75 Å². The minimum Gasteiger partial charge on any atom is -0.497 e. The van der Waals surface area contributed by atoms with Crippen LogP contribution in [-0.4, -0.2) is 37.6 Å². The molecule has 0 saturated carbocycles. The van der Waals surface area contributed by atoms with Gasteiger partial charge in [0.1, 0.15) is 5.75 Å². The van der Waals surface area contributed by atoms with Gasteiger partial charge in [0, 0.05) is 29.8 Å². The highest BCUT2D eigenvalue weighted by atomic mass is 35.5. The highest BCUT2D eigenvalue weighted by Gasteiger charge is 2.46. The third kappa shape index (κ3) is 4.51. The molecule has 182 valence electrons. The van der Waals surface area contributed by atoms with E-state index in [1.807, 2.05) is 36.4 Å². The van der Waals surface area contributed by atoms with Gasteiger partial charge in [-0.3, -0.25) is 9.69 Å². The number of benzene rings is 3. The number of ether oxygens (including phenoxy) is 1. The molecule has 0 N–H and O–H groups in total. The number of carbonyl (C=O) groups is 1. The molecule has 0 radical (unpaired) electrons. The number of likely N-dealkylation sites (tertiary alicyclic amines) is 1. The SMILES string of the molecule is COc1ccc2c(c1)C1(CCN(Cc3ccc(Cl)c(Cl)c3)CC1)CN2C(=O)c1ccc(F)c(F)c1. The number of hydrogen-bond acceptors (Lipinski definition) is 3. The first kappa shape index (κ1) is 24.0. The van der Waals surface area contributed by atoms with E-state index in [1.165, 1.54) is 6.07 Å². The Balaban J connectivity index is 1.40. The average Bonchev–Trinajstić information content (AvgIpc) is 3.17. The Hall–Kier alpha value is -2.67. The van der Waals surface area contributed by atoms with Crippen LogP contribution in [0.2, 0.25) is 10.0 Å². The van der Waals surface area contributed by atoms with Gasteiger partial charge in [-0.2, -0.15) is 0 Å². The maximum Gasteiger partial charge on any atom is 0.258 e. The topological polar surface area (TPSA) is 32.8 Å². The van der Waals surface area contributed by atoms with Crippen molar-refractivity contribution in [2.75, 3.05) is 31.6 Å². The van der Waals surface area contributed by atoms with E-state index in [4.69, 9.17) is 27.9 Å². The van der Waals surface area contributed by atoms with Gasteiger partial charge in [-0.1, -0.05) is 29.3 Å². The van der Waals surface area contributed by atoms with Gasteiger partial charge in [-0.15, -0.1) is 0 Å². The number of amides is 1. The van der Waals surface area contributed by atoms with Crippen molar-refractivity contribution in [3.05, 3.63) is 93.0 Å². The quantitative estimate of drug-likeness (QED) is 0.398.